The van der Waals surface area contributed by atoms with Gasteiger partial charge in [0.05, 0.1) is 9.78 Å². The van der Waals surface area contributed by atoms with E-state index in [0.29, 0.717) is 3.57 Å². The summed E-state index contributed by atoms with van der Waals surface area (Å²) in [7, 11) is 0. The number of amides is 2. The molecule has 0 aliphatic rings. The van der Waals surface area contributed by atoms with Gasteiger partial charge in [-0.05, 0) is 46.4 Å². The molecular weight excluding hydrogens is 297 g/mol. The summed E-state index contributed by atoms with van der Waals surface area (Å²) >= 11 is 1.99. The van der Waals surface area contributed by atoms with Gasteiger partial charge in [-0.25, -0.2) is 10.2 Å². The molecule has 0 heterocycles. The van der Waals surface area contributed by atoms with Crippen molar-refractivity contribution in [2.24, 2.45) is 10.8 Å². The minimum absolute atomic E-state index is 0.214. The number of nitrogens with one attached hydrogen (secondary N) is 1. The molecular formula is C8H8IN3O2. The number of hydrazone groups is 1. The quantitative estimate of drug-likeness (QED) is 0.432. The molecule has 5 nitrogen and oxygen atoms in total. The largest absolute Gasteiger partial charge is 0.507 e. The first-order chi connectivity index (χ1) is 6.59. The fraction of sp³-hybridized carbons (Fsp3) is 0. The highest BCUT2D eigenvalue weighted by Gasteiger charge is 1.96. The molecule has 0 aromatic heterocycles. The number of phenolic OH excluding ortho intramolecular Hbond substituents is 1. The summed E-state index contributed by atoms with van der Waals surface area (Å²) in [5, 5.41) is 12.8. The summed E-state index contributed by atoms with van der Waals surface area (Å²) in [4.78, 5) is 10.3. The molecule has 0 aliphatic carbocycles. The zero-order valence-corrected chi connectivity index (χ0v) is 9.22. The topological polar surface area (TPSA) is 87.7 Å². The van der Waals surface area contributed by atoms with E-state index in [1.54, 1.807) is 18.2 Å². The predicted octanol–water partition coefficient (Wildman–Crippen LogP) is 0.999. The first kappa shape index (κ1) is 10.8. The second kappa shape index (κ2) is 4.80. The molecule has 0 aliphatic heterocycles. The summed E-state index contributed by atoms with van der Waals surface area (Å²) in [6.45, 7) is 0. The lowest BCUT2D eigenvalue weighted by molar-refractivity contribution is 0.249. The van der Waals surface area contributed by atoms with Crippen molar-refractivity contribution in [1.29, 1.82) is 0 Å². The van der Waals surface area contributed by atoms with Gasteiger partial charge in [-0.15, -0.1) is 0 Å². The van der Waals surface area contributed by atoms with E-state index < -0.39 is 6.03 Å². The number of primary amides is 1. The minimum atomic E-state index is -0.713. The Morgan fingerprint density at radius 3 is 2.93 bits per heavy atom. The smallest absolute Gasteiger partial charge is 0.332 e. The minimum Gasteiger partial charge on any atom is -0.507 e. The average Bonchev–Trinajstić information content (AvgIpc) is 2.10. The fourth-order valence-corrected chi connectivity index (χ4v) is 1.31. The molecule has 0 spiro atoms. The zero-order chi connectivity index (χ0) is 10.6. The maximum absolute atomic E-state index is 10.3. The molecule has 14 heavy (non-hydrogen) atoms. The van der Waals surface area contributed by atoms with Crippen molar-refractivity contribution < 1.29 is 9.90 Å². The van der Waals surface area contributed by atoms with E-state index in [-0.39, 0.29) is 5.75 Å². The number of nitrogens with two attached hydrogens (primary N) is 1. The van der Waals surface area contributed by atoms with Crippen molar-refractivity contribution in [3.8, 4) is 5.75 Å². The van der Waals surface area contributed by atoms with Crippen LogP contribution in [-0.4, -0.2) is 17.4 Å². The number of nitrogens with zero attached hydrogens (tertiary/aromatic N) is 1. The van der Waals surface area contributed by atoms with Crippen LogP contribution >= 0.6 is 22.6 Å². The molecule has 6 heteroatoms. The Bertz CT molecular complexity index is 379. The lowest BCUT2D eigenvalue weighted by Gasteiger charge is -1.97. The monoisotopic (exact) mass is 305 g/mol. The number of carbonyl (C=O) groups excluding carboxylic acids is 1. The highest BCUT2D eigenvalue weighted by Crippen LogP contribution is 2.19. The van der Waals surface area contributed by atoms with Crippen molar-refractivity contribution in [1.82, 2.24) is 5.43 Å². The predicted molar refractivity (Wildman–Crippen MR) is 61.1 cm³/mol. The first-order valence-electron chi connectivity index (χ1n) is 3.66. The molecule has 0 saturated carbocycles. The normalized spacial score (nSPS) is 10.4. The van der Waals surface area contributed by atoms with Crippen molar-refractivity contribution in [2.75, 3.05) is 0 Å². The van der Waals surface area contributed by atoms with Gasteiger partial charge in [0.2, 0.25) is 0 Å². The number of hydrogen-bond acceptors (Lipinski definition) is 3. The molecule has 2 amide bonds. The van der Waals surface area contributed by atoms with Crippen LogP contribution in [0.5, 0.6) is 5.75 Å². The molecule has 0 atom stereocenters. The number of rotatable bonds is 2. The van der Waals surface area contributed by atoms with Crippen molar-refractivity contribution in [2.45, 2.75) is 0 Å². The van der Waals surface area contributed by atoms with E-state index in [2.05, 4.69) is 10.5 Å². The highest BCUT2D eigenvalue weighted by atomic mass is 127. The fourth-order valence-electron chi connectivity index (χ4n) is 0.774. The second-order valence-electron chi connectivity index (χ2n) is 2.45. The SMILES string of the molecule is NC(=O)N/N=C\c1ccc(O)c(I)c1. The van der Waals surface area contributed by atoms with Gasteiger partial charge in [-0.3, -0.25) is 0 Å². The van der Waals surface area contributed by atoms with E-state index in [9.17, 15) is 9.90 Å². The van der Waals surface area contributed by atoms with Crippen LogP contribution in [0.4, 0.5) is 4.79 Å². The van der Waals surface area contributed by atoms with Crippen LogP contribution in [-0.2, 0) is 0 Å². The molecule has 0 unspecified atom stereocenters. The van der Waals surface area contributed by atoms with E-state index in [1.807, 2.05) is 22.6 Å². The molecule has 0 fully saturated rings. The Kier molecular flexibility index (Phi) is 3.69. The number of halogens is 1. The maximum Gasteiger partial charge on any atom is 0.332 e. The van der Waals surface area contributed by atoms with Crippen molar-refractivity contribution in [3.05, 3.63) is 27.3 Å². The van der Waals surface area contributed by atoms with E-state index >= 15 is 0 Å². The highest BCUT2D eigenvalue weighted by molar-refractivity contribution is 14.1. The van der Waals surface area contributed by atoms with E-state index in [1.165, 1.54) is 6.21 Å². The van der Waals surface area contributed by atoms with Gasteiger partial charge in [-0.2, -0.15) is 5.10 Å². The van der Waals surface area contributed by atoms with Crippen LogP contribution in [0.3, 0.4) is 0 Å². The van der Waals surface area contributed by atoms with Crippen LogP contribution in [0, 0.1) is 3.57 Å². The summed E-state index contributed by atoms with van der Waals surface area (Å²) in [5.74, 6) is 0.214. The van der Waals surface area contributed by atoms with Crippen LogP contribution in [0.25, 0.3) is 0 Å². The van der Waals surface area contributed by atoms with Crippen LogP contribution < -0.4 is 11.2 Å². The number of aromatic hydroxyl groups is 1. The Morgan fingerprint density at radius 2 is 2.36 bits per heavy atom. The summed E-state index contributed by atoms with van der Waals surface area (Å²) in [6.07, 6.45) is 1.44. The standard InChI is InChI=1S/C8H8IN3O2/c9-6-3-5(1-2-7(6)13)4-11-12-8(10)14/h1-4,13H,(H3,10,12,14)/b11-4-. The lowest BCUT2D eigenvalue weighted by Crippen LogP contribution is -2.24. The van der Waals surface area contributed by atoms with Gasteiger partial charge in [0.25, 0.3) is 0 Å². The van der Waals surface area contributed by atoms with Gasteiger partial charge in [0, 0.05) is 0 Å². The second-order valence-corrected chi connectivity index (χ2v) is 3.61. The van der Waals surface area contributed by atoms with Crippen LogP contribution in [0.15, 0.2) is 23.3 Å². The number of benzene rings is 1. The first-order valence-corrected chi connectivity index (χ1v) is 4.74. The third-order valence-electron chi connectivity index (χ3n) is 1.36. The summed E-state index contributed by atoms with van der Waals surface area (Å²) in [6, 6.07) is 4.23. The molecule has 0 saturated heterocycles. The van der Waals surface area contributed by atoms with E-state index in [0.717, 1.165) is 5.56 Å². The average molecular weight is 305 g/mol. The number of urea groups is 1. The van der Waals surface area contributed by atoms with Crippen molar-refractivity contribution in [3.63, 3.8) is 0 Å². The molecule has 1 aromatic rings. The molecule has 74 valence electrons. The van der Waals surface area contributed by atoms with Crippen LogP contribution in [0.2, 0.25) is 0 Å². The number of carbonyl (C=O) groups is 1. The Morgan fingerprint density at radius 1 is 1.64 bits per heavy atom. The van der Waals surface area contributed by atoms with E-state index in [4.69, 9.17) is 5.73 Å². The number of phenols is 1. The molecule has 1 rings (SSSR count). The summed E-state index contributed by atoms with van der Waals surface area (Å²) < 4.78 is 0.714. The molecule has 0 radical (unpaired) electrons. The summed E-state index contributed by atoms with van der Waals surface area (Å²) in [5.41, 5.74) is 7.64. The molecule has 1 aromatic carbocycles. The third kappa shape index (κ3) is 3.21. The van der Waals surface area contributed by atoms with Gasteiger partial charge in [0.15, 0.2) is 0 Å². The molecule has 4 N–H and O–H groups in total. The third-order valence-corrected chi connectivity index (χ3v) is 2.22. The lowest BCUT2D eigenvalue weighted by atomic mass is 10.2. The zero-order valence-electron chi connectivity index (χ0n) is 7.07. The number of hydrogen-bond donors (Lipinski definition) is 3. The van der Waals surface area contributed by atoms with Crippen molar-refractivity contribution >= 4 is 34.8 Å². The van der Waals surface area contributed by atoms with Gasteiger partial charge >= 0.3 is 6.03 Å². The molecule has 0 bridgehead atoms. The van der Waals surface area contributed by atoms with Gasteiger partial charge in [0.1, 0.15) is 5.75 Å². The Balaban J connectivity index is 2.73. The van der Waals surface area contributed by atoms with Crippen LogP contribution in [0.1, 0.15) is 5.56 Å². The Hall–Kier alpha value is -1.31. The Labute approximate surface area is 94.1 Å². The maximum atomic E-state index is 10.3. The van der Waals surface area contributed by atoms with Gasteiger partial charge in [-0.1, -0.05) is 0 Å². The van der Waals surface area contributed by atoms with Gasteiger partial charge < -0.3 is 10.8 Å².